The molecule has 1 saturated heterocycles. The van der Waals surface area contributed by atoms with Crippen LogP contribution < -0.4 is 11.1 Å². The number of carbonyl (C=O) groups is 1. The van der Waals surface area contributed by atoms with Crippen molar-refractivity contribution in [3.05, 3.63) is 0 Å². The summed E-state index contributed by atoms with van der Waals surface area (Å²) in [5.74, 6) is -0.214. The maximum atomic E-state index is 11.6. The van der Waals surface area contributed by atoms with Gasteiger partial charge in [-0.2, -0.15) is 0 Å². The number of ether oxygens (including phenoxy) is 2. The van der Waals surface area contributed by atoms with Crippen LogP contribution in [-0.2, 0) is 14.3 Å². The van der Waals surface area contributed by atoms with Gasteiger partial charge in [0.25, 0.3) is 5.91 Å². The van der Waals surface area contributed by atoms with E-state index in [2.05, 4.69) is 5.32 Å². The standard InChI is InChI=1S/C9H16N2O3S/c1-2-6(8(10)15)11-9(12)7-5-13-3-4-14-7/h6-7H,2-5H2,1H3,(H2,10,15)(H,11,12). The van der Waals surface area contributed by atoms with E-state index in [0.717, 1.165) is 0 Å². The van der Waals surface area contributed by atoms with Crippen LogP contribution in [0.1, 0.15) is 13.3 Å². The molecule has 0 radical (unpaired) electrons. The van der Waals surface area contributed by atoms with E-state index < -0.39 is 6.10 Å². The molecule has 86 valence electrons. The lowest BCUT2D eigenvalue weighted by Gasteiger charge is -2.24. The van der Waals surface area contributed by atoms with Crippen LogP contribution in [0.5, 0.6) is 0 Å². The molecule has 0 aromatic carbocycles. The largest absolute Gasteiger partial charge is 0.392 e. The summed E-state index contributed by atoms with van der Waals surface area (Å²) in [5, 5.41) is 2.73. The van der Waals surface area contributed by atoms with E-state index in [1.54, 1.807) is 0 Å². The second-order valence-corrected chi connectivity index (χ2v) is 3.78. The summed E-state index contributed by atoms with van der Waals surface area (Å²) in [6, 6.07) is -0.266. The number of hydrogen-bond donors (Lipinski definition) is 2. The van der Waals surface area contributed by atoms with Gasteiger partial charge in [0, 0.05) is 0 Å². The van der Waals surface area contributed by atoms with Gasteiger partial charge in [0.15, 0.2) is 6.10 Å². The second kappa shape index (κ2) is 5.99. The number of amides is 1. The van der Waals surface area contributed by atoms with Crippen molar-refractivity contribution in [2.45, 2.75) is 25.5 Å². The first kappa shape index (κ1) is 12.4. The van der Waals surface area contributed by atoms with Crippen molar-refractivity contribution >= 4 is 23.1 Å². The van der Waals surface area contributed by atoms with Crippen molar-refractivity contribution in [2.24, 2.45) is 5.73 Å². The topological polar surface area (TPSA) is 73.6 Å². The Bertz CT molecular complexity index is 242. The third-order valence-corrected chi connectivity index (χ3v) is 2.46. The molecule has 15 heavy (non-hydrogen) atoms. The Hall–Kier alpha value is -0.720. The zero-order chi connectivity index (χ0) is 11.3. The molecule has 1 fully saturated rings. The maximum absolute atomic E-state index is 11.6. The molecule has 2 unspecified atom stereocenters. The van der Waals surface area contributed by atoms with E-state index in [1.165, 1.54) is 0 Å². The van der Waals surface area contributed by atoms with Gasteiger partial charge in [-0.05, 0) is 6.42 Å². The lowest BCUT2D eigenvalue weighted by atomic mass is 10.2. The lowest BCUT2D eigenvalue weighted by Crippen LogP contribution is -2.50. The van der Waals surface area contributed by atoms with Crippen molar-refractivity contribution in [1.29, 1.82) is 0 Å². The highest BCUT2D eigenvalue weighted by Gasteiger charge is 2.24. The zero-order valence-corrected chi connectivity index (χ0v) is 9.51. The Balaban J connectivity index is 2.42. The number of nitrogens with two attached hydrogens (primary N) is 1. The van der Waals surface area contributed by atoms with Crippen molar-refractivity contribution in [2.75, 3.05) is 19.8 Å². The van der Waals surface area contributed by atoms with Crippen LogP contribution in [-0.4, -0.2) is 42.9 Å². The zero-order valence-electron chi connectivity index (χ0n) is 8.69. The molecule has 1 rings (SSSR count). The van der Waals surface area contributed by atoms with E-state index in [9.17, 15) is 4.79 Å². The Kier molecular flexibility index (Phi) is 4.93. The molecule has 5 nitrogen and oxygen atoms in total. The third-order valence-electron chi connectivity index (χ3n) is 2.18. The molecule has 1 aliphatic heterocycles. The molecule has 6 heteroatoms. The fraction of sp³-hybridized carbons (Fsp3) is 0.778. The number of thiocarbonyl (C=S) groups is 1. The quantitative estimate of drug-likeness (QED) is 0.644. The molecular weight excluding hydrogens is 216 g/mol. The Morgan fingerprint density at radius 2 is 2.40 bits per heavy atom. The minimum absolute atomic E-state index is 0.214. The Morgan fingerprint density at radius 1 is 1.67 bits per heavy atom. The van der Waals surface area contributed by atoms with Crippen LogP contribution in [0.4, 0.5) is 0 Å². The summed E-state index contributed by atoms with van der Waals surface area (Å²) in [6.45, 7) is 3.18. The van der Waals surface area contributed by atoms with Crippen LogP contribution in [0.15, 0.2) is 0 Å². The van der Waals surface area contributed by atoms with Crippen LogP contribution in [0.25, 0.3) is 0 Å². The van der Waals surface area contributed by atoms with E-state index in [1.807, 2.05) is 6.92 Å². The monoisotopic (exact) mass is 232 g/mol. The SMILES string of the molecule is CCC(NC(=O)C1COCCO1)C(N)=S. The molecule has 1 aliphatic rings. The molecule has 3 N–H and O–H groups in total. The van der Waals surface area contributed by atoms with Gasteiger partial charge in [0.1, 0.15) is 0 Å². The number of hydrogen-bond acceptors (Lipinski definition) is 4. The average Bonchev–Trinajstić information content (AvgIpc) is 2.26. The van der Waals surface area contributed by atoms with Gasteiger partial charge in [0.05, 0.1) is 30.9 Å². The molecule has 0 aromatic rings. The number of nitrogens with one attached hydrogen (secondary N) is 1. The summed E-state index contributed by atoms with van der Waals surface area (Å²) in [7, 11) is 0. The van der Waals surface area contributed by atoms with Crippen molar-refractivity contribution in [3.63, 3.8) is 0 Å². The minimum Gasteiger partial charge on any atom is -0.392 e. The lowest BCUT2D eigenvalue weighted by molar-refractivity contribution is -0.147. The number of carbonyl (C=O) groups excluding carboxylic acids is 1. The first-order chi connectivity index (χ1) is 7.15. The van der Waals surface area contributed by atoms with Gasteiger partial charge in [-0.3, -0.25) is 4.79 Å². The van der Waals surface area contributed by atoms with E-state index in [-0.39, 0.29) is 11.9 Å². The van der Waals surface area contributed by atoms with Gasteiger partial charge < -0.3 is 20.5 Å². The highest BCUT2D eigenvalue weighted by atomic mass is 32.1. The summed E-state index contributed by atoms with van der Waals surface area (Å²) in [4.78, 5) is 11.9. The minimum atomic E-state index is -0.540. The fourth-order valence-corrected chi connectivity index (χ4v) is 1.50. The van der Waals surface area contributed by atoms with Gasteiger partial charge in [-0.15, -0.1) is 0 Å². The Morgan fingerprint density at radius 3 is 2.87 bits per heavy atom. The smallest absolute Gasteiger partial charge is 0.252 e. The van der Waals surface area contributed by atoms with Crippen LogP contribution >= 0.6 is 12.2 Å². The summed E-state index contributed by atoms with van der Waals surface area (Å²) >= 11 is 4.83. The molecule has 0 bridgehead atoms. The number of rotatable bonds is 4. The van der Waals surface area contributed by atoms with Gasteiger partial charge in [0.2, 0.25) is 0 Å². The summed E-state index contributed by atoms with van der Waals surface area (Å²) in [6.07, 6.45) is 0.136. The molecule has 1 amide bonds. The molecule has 1 heterocycles. The normalized spacial score (nSPS) is 23.1. The molecule has 0 saturated carbocycles. The maximum Gasteiger partial charge on any atom is 0.252 e. The molecule has 0 spiro atoms. The third kappa shape index (κ3) is 3.73. The fourth-order valence-electron chi connectivity index (χ4n) is 1.28. The van der Waals surface area contributed by atoms with Crippen LogP contribution in [0, 0.1) is 0 Å². The van der Waals surface area contributed by atoms with Crippen molar-refractivity contribution < 1.29 is 14.3 Å². The molecule has 0 aromatic heterocycles. The summed E-state index contributed by atoms with van der Waals surface area (Å²) in [5.41, 5.74) is 5.47. The predicted octanol–water partition coefficient (Wildman–Crippen LogP) is -0.417. The highest BCUT2D eigenvalue weighted by Crippen LogP contribution is 2.02. The van der Waals surface area contributed by atoms with Crippen molar-refractivity contribution in [1.82, 2.24) is 5.32 Å². The molecular formula is C9H16N2O3S. The van der Waals surface area contributed by atoms with E-state index in [4.69, 9.17) is 27.4 Å². The van der Waals surface area contributed by atoms with Gasteiger partial charge in [-0.1, -0.05) is 19.1 Å². The summed E-state index contributed by atoms with van der Waals surface area (Å²) < 4.78 is 10.4. The highest BCUT2D eigenvalue weighted by molar-refractivity contribution is 7.80. The van der Waals surface area contributed by atoms with Crippen molar-refractivity contribution in [3.8, 4) is 0 Å². The van der Waals surface area contributed by atoms with Crippen LogP contribution in [0.3, 0.4) is 0 Å². The first-order valence-corrected chi connectivity index (χ1v) is 5.35. The van der Waals surface area contributed by atoms with Crippen LogP contribution in [0.2, 0.25) is 0 Å². The first-order valence-electron chi connectivity index (χ1n) is 4.94. The second-order valence-electron chi connectivity index (χ2n) is 3.31. The van der Waals surface area contributed by atoms with E-state index in [0.29, 0.717) is 31.2 Å². The van der Waals surface area contributed by atoms with Gasteiger partial charge in [-0.25, -0.2) is 0 Å². The predicted molar refractivity (Wildman–Crippen MR) is 59.6 cm³/mol. The average molecular weight is 232 g/mol. The Labute approximate surface area is 94.3 Å². The molecule has 2 atom stereocenters. The van der Waals surface area contributed by atoms with E-state index >= 15 is 0 Å². The van der Waals surface area contributed by atoms with Gasteiger partial charge >= 0.3 is 0 Å². The molecule has 0 aliphatic carbocycles.